The van der Waals surface area contributed by atoms with Gasteiger partial charge in [-0.1, -0.05) is 0 Å². The highest BCUT2D eigenvalue weighted by molar-refractivity contribution is 9.10. The molecule has 0 aromatic carbocycles. The highest BCUT2D eigenvalue weighted by Gasteiger charge is 2.34. The van der Waals surface area contributed by atoms with Gasteiger partial charge in [0.05, 0.1) is 0 Å². The summed E-state index contributed by atoms with van der Waals surface area (Å²) in [6.07, 6.45) is 2.12. The molecule has 2 rings (SSSR count). The van der Waals surface area contributed by atoms with Crippen molar-refractivity contribution in [3.05, 3.63) is 16.7 Å². The number of hydrogen-bond acceptors (Lipinski definition) is 6. The fourth-order valence-electron chi connectivity index (χ4n) is 2.03. The van der Waals surface area contributed by atoms with E-state index in [1.165, 1.54) is 16.6 Å². The van der Waals surface area contributed by atoms with Crippen LogP contribution in [0.1, 0.15) is 6.42 Å². The zero-order valence-corrected chi connectivity index (χ0v) is 12.5. The minimum Gasteiger partial charge on any atom is -0.396 e. The maximum absolute atomic E-state index is 12.5. The number of aromatic nitrogens is 1. The van der Waals surface area contributed by atoms with E-state index in [9.17, 15) is 8.42 Å². The monoisotopic (exact) mass is 350 g/mol. The molecule has 9 heteroatoms. The summed E-state index contributed by atoms with van der Waals surface area (Å²) in [6.45, 7) is 0.699. The second kappa shape index (κ2) is 5.71. The van der Waals surface area contributed by atoms with E-state index >= 15 is 0 Å². The van der Waals surface area contributed by atoms with E-state index in [1.54, 1.807) is 0 Å². The Labute approximate surface area is 120 Å². The van der Waals surface area contributed by atoms with Crippen molar-refractivity contribution in [2.24, 2.45) is 11.8 Å². The molecule has 4 N–H and O–H groups in total. The van der Waals surface area contributed by atoms with E-state index in [0.29, 0.717) is 24.0 Å². The van der Waals surface area contributed by atoms with E-state index in [2.05, 4.69) is 26.3 Å². The van der Waals surface area contributed by atoms with Crippen LogP contribution in [0.15, 0.2) is 21.6 Å². The van der Waals surface area contributed by atoms with Gasteiger partial charge in [-0.05, 0) is 34.3 Å². The second-order valence-corrected chi connectivity index (χ2v) is 7.17. The normalized spacial score (nSPS) is 20.7. The van der Waals surface area contributed by atoms with E-state index in [0.717, 1.165) is 0 Å². The van der Waals surface area contributed by atoms with Gasteiger partial charge in [-0.2, -0.15) is 4.31 Å². The first-order chi connectivity index (χ1) is 8.98. The van der Waals surface area contributed by atoms with Gasteiger partial charge in [0.2, 0.25) is 10.0 Å². The number of sulfonamides is 1. The van der Waals surface area contributed by atoms with Gasteiger partial charge >= 0.3 is 0 Å². The highest BCUT2D eigenvalue weighted by Crippen LogP contribution is 2.29. The zero-order valence-electron chi connectivity index (χ0n) is 10.1. The largest absolute Gasteiger partial charge is 0.396 e. The third-order valence-corrected chi connectivity index (χ3v) is 5.39. The Morgan fingerprint density at radius 1 is 1.63 bits per heavy atom. The summed E-state index contributed by atoms with van der Waals surface area (Å²) in [7, 11) is -3.66. The van der Waals surface area contributed by atoms with E-state index in [-0.39, 0.29) is 23.2 Å². The first-order valence-electron chi connectivity index (χ1n) is 5.72. The third-order valence-electron chi connectivity index (χ3n) is 3.08. The van der Waals surface area contributed by atoms with Crippen LogP contribution in [-0.2, 0) is 10.0 Å². The standard InChI is InChI=1S/C10H15BrN4O3S/c11-8-3-9(10(14-12)13-4-8)19(17,18)15-2-1-7(5-15)6-16/h3-4,7,16H,1-2,5-6,12H2,(H,13,14). The van der Waals surface area contributed by atoms with Crippen LogP contribution in [0.25, 0.3) is 0 Å². The lowest BCUT2D eigenvalue weighted by Crippen LogP contribution is -2.30. The van der Waals surface area contributed by atoms with Gasteiger partial charge in [0.1, 0.15) is 4.90 Å². The number of nitrogen functional groups attached to an aromatic ring is 1. The van der Waals surface area contributed by atoms with Crippen molar-refractivity contribution in [3.8, 4) is 0 Å². The number of pyridine rings is 1. The van der Waals surface area contributed by atoms with Gasteiger partial charge in [-0.3, -0.25) is 0 Å². The predicted molar refractivity (Wildman–Crippen MR) is 73.7 cm³/mol. The van der Waals surface area contributed by atoms with Crippen LogP contribution in [0.2, 0.25) is 0 Å². The second-order valence-electron chi connectivity index (χ2n) is 4.34. The summed E-state index contributed by atoms with van der Waals surface area (Å²) in [5, 5.41) is 9.09. The number of halogens is 1. The van der Waals surface area contributed by atoms with Crippen molar-refractivity contribution >= 4 is 31.8 Å². The average molecular weight is 351 g/mol. The molecule has 1 unspecified atom stereocenters. The quantitative estimate of drug-likeness (QED) is 0.526. The molecule has 1 aromatic heterocycles. The smallest absolute Gasteiger partial charge is 0.246 e. The third kappa shape index (κ3) is 2.90. The SMILES string of the molecule is NNc1ncc(Br)cc1S(=O)(=O)N1CCC(CO)C1. The summed E-state index contributed by atoms with van der Waals surface area (Å²) < 4.78 is 26.9. The topological polar surface area (TPSA) is 109 Å². The molecular weight excluding hydrogens is 336 g/mol. The fraction of sp³-hybridized carbons (Fsp3) is 0.500. The number of nitrogens with one attached hydrogen (secondary N) is 1. The Bertz CT molecular complexity index is 566. The number of aliphatic hydroxyl groups is 1. The lowest BCUT2D eigenvalue weighted by Gasteiger charge is -2.18. The summed E-state index contributed by atoms with van der Waals surface area (Å²) in [4.78, 5) is 3.97. The molecule has 0 spiro atoms. The number of hydrazine groups is 1. The van der Waals surface area contributed by atoms with Crippen LogP contribution >= 0.6 is 15.9 Å². The maximum Gasteiger partial charge on any atom is 0.246 e. The molecular formula is C10H15BrN4O3S. The fourth-order valence-corrected chi connectivity index (χ4v) is 4.17. The molecule has 0 aliphatic carbocycles. The van der Waals surface area contributed by atoms with Gasteiger partial charge in [0, 0.05) is 30.4 Å². The highest BCUT2D eigenvalue weighted by atomic mass is 79.9. The van der Waals surface area contributed by atoms with Crippen molar-refractivity contribution in [3.63, 3.8) is 0 Å². The van der Waals surface area contributed by atoms with Crippen LogP contribution in [0.5, 0.6) is 0 Å². The lowest BCUT2D eigenvalue weighted by molar-refractivity contribution is 0.233. The molecule has 1 aromatic rings. The molecule has 0 bridgehead atoms. The summed E-state index contributed by atoms with van der Waals surface area (Å²) in [6, 6.07) is 1.46. The molecule has 7 nitrogen and oxygen atoms in total. The van der Waals surface area contributed by atoms with Gasteiger partial charge in [0.15, 0.2) is 5.82 Å². The molecule has 1 aliphatic heterocycles. The van der Waals surface area contributed by atoms with Crippen LogP contribution < -0.4 is 11.3 Å². The minimum atomic E-state index is -3.66. The Hall–Kier alpha value is -0.740. The van der Waals surface area contributed by atoms with E-state index in [1.807, 2.05) is 0 Å². The Morgan fingerprint density at radius 2 is 2.37 bits per heavy atom. The van der Waals surface area contributed by atoms with Crippen molar-refractivity contribution in [2.45, 2.75) is 11.3 Å². The van der Waals surface area contributed by atoms with Gasteiger partial charge in [-0.25, -0.2) is 19.2 Å². The van der Waals surface area contributed by atoms with Crippen molar-refractivity contribution < 1.29 is 13.5 Å². The van der Waals surface area contributed by atoms with Crippen molar-refractivity contribution in [1.82, 2.24) is 9.29 Å². The first kappa shape index (κ1) is 14.7. The van der Waals surface area contributed by atoms with Crippen molar-refractivity contribution in [2.75, 3.05) is 25.1 Å². The van der Waals surface area contributed by atoms with Crippen LogP contribution in [0.3, 0.4) is 0 Å². The average Bonchev–Trinajstić information content (AvgIpc) is 2.88. The Balaban J connectivity index is 2.37. The number of hydrogen-bond donors (Lipinski definition) is 3. The van der Waals surface area contributed by atoms with E-state index in [4.69, 9.17) is 10.9 Å². The summed E-state index contributed by atoms with van der Waals surface area (Å²) in [5.41, 5.74) is 2.29. The zero-order chi connectivity index (χ0) is 14.0. The molecule has 2 heterocycles. The lowest BCUT2D eigenvalue weighted by atomic mass is 10.1. The van der Waals surface area contributed by atoms with Gasteiger partial charge < -0.3 is 10.5 Å². The van der Waals surface area contributed by atoms with Gasteiger partial charge in [0.25, 0.3) is 0 Å². The molecule has 0 amide bonds. The first-order valence-corrected chi connectivity index (χ1v) is 7.95. The van der Waals surface area contributed by atoms with Crippen LogP contribution in [0.4, 0.5) is 5.82 Å². The van der Waals surface area contributed by atoms with Crippen LogP contribution in [-0.4, -0.2) is 42.5 Å². The minimum absolute atomic E-state index is 0.00918. The number of anilines is 1. The Kier molecular flexibility index (Phi) is 4.41. The molecule has 106 valence electrons. The number of rotatable bonds is 4. The predicted octanol–water partition coefficient (Wildman–Crippen LogP) is 0.133. The molecule has 1 saturated heterocycles. The van der Waals surface area contributed by atoms with Crippen molar-refractivity contribution in [1.29, 1.82) is 0 Å². The maximum atomic E-state index is 12.5. The van der Waals surface area contributed by atoms with Crippen LogP contribution in [0, 0.1) is 5.92 Å². The van der Waals surface area contributed by atoms with Gasteiger partial charge in [-0.15, -0.1) is 0 Å². The molecule has 1 fully saturated rings. The molecule has 19 heavy (non-hydrogen) atoms. The molecule has 1 aliphatic rings. The summed E-state index contributed by atoms with van der Waals surface area (Å²) >= 11 is 3.20. The molecule has 0 saturated carbocycles. The molecule has 1 atom stereocenters. The summed E-state index contributed by atoms with van der Waals surface area (Å²) in [5.74, 6) is 5.40. The van der Waals surface area contributed by atoms with E-state index < -0.39 is 10.0 Å². The Morgan fingerprint density at radius 3 is 2.95 bits per heavy atom. The molecule has 0 radical (unpaired) electrons. The number of nitrogens with zero attached hydrogens (tertiary/aromatic N) is 2. The number of aliphatic hydroxyl groups excluding tert-OH is 1. The number of nitrogens with two attached hydrogens (primary N) is 1.